The topological polar surface area (TPSA) is 68.3 Å². The van der Waals surface area contributed by atoms with Crippen molar-refractivity contribution in [3.05, 3.63) is 59.4 Å². The first-order valence-corrected chi connectivity index (χ1v) is 6.35. The average molecular weight is 324 g/mol. The lowest BCUT2D eigenvalue weighted by Crippen LogP contribution is -2.16. The predicted octanol–water partition coefficient (Wildman–Crippen LogP) is 3.14. The summed E-state index contributed by atoms with van der Waals surface area (Å²) < 4.78 is 42.4. The molecule has 8 heteroatoms. The standard InChI is InChI=1S/C15H11F3N2O3/c1-23-14(22)12-7-3-6-11(20-12)13(21)19-10-5-2-4-9(8-10)15(16,17)18/h2-8H,1H3,(H,19,21). The Morgan fingerprint density at radius 1 is 1.09 bits per heavy atom. The Morgan fingerprint density at radius 3 is 2.39 bits per heavy atom. The molecule has 0 spiro atoms. The Kier molecular flexibility index (Phi) is 4.63. The largest absolute Gasteiger partial charge is 0.464 e. The fourth-order valence-electron chi connectivity index (χ4n) is 1.75. The van der Waals surface area contributed by atoms with Crippen molar-refractivity contribution in [2.24, 2.45) is 0 Å². The van der Waals surface area contributed by atoms with Gasteiger partial charge in [-0.25, -0.2) is 9.78 Å². The van der Waals surface area contributed by atoms with Gasteiger partial charge in [0.05, 0.1) is 12.7 Å². The van der Waals surface area contributed by atoms with Crippen LogP contribution in [-0.2, 0) is 10.9 Å². The van der Waals surface area contributed by atoms with Gasteiger partial charge in [-0.15, -0.1) is 0 Å². The summed E-state index contributed by atoms with van der Waals surface area (Å²) in [7, 11) is 1.17. The van der Waals surface area contributed by atoms with Crippen LogP contribution in [0.3, 0.4) is 0 Å². The molecule has 0 bridgehead atoms. The minimum Gasteiger partial charge on any atom is -0.464 e. The van der Waals surface area contributed by atoms with Crippen LogP contribution >= 0.6 is 0 Å². The van der Waals surface area contributed by atoms with Crippen molar-refractivity contribution >= 4 is 17.6 Å². The number of hydrogen-bond donors (Lipinski definition) is 1. The lowest BCUT2D eigenvalue weighted by Gasteiger charge is -2.10. The molecule has 1 heterocycles. The minimum absolute atomic E-state index is 0.0323. The highest BCUT2D eigenvalue weighted by Gasteiger charge is 2.30. The van der Waals surface area contributed by atoms with Gasteiger partial charge < -0.3 is 10.1 Å². The number of carbonyl (C=O) groups excluding carboxylic acids is 2. The van der Waals surface area contributed by atoms with Crippen molar-refractivity contribution in [3.8, 4) is 0 Å². The molecule has 2 rings (SSSR count). The molecule has 1 N–H and O–H groups in total. The number of pyridine rings is 1. The molecule has 0 saturated carbocycles. The van der Waals surface area contributed by atoms with Gasteiger partial charge in [0.15, 0.2) is 0 Å². The van der Waals surface area contributed by atoms with Crippen LogP contribution in [0, 0.1) is 0 Å². The van der Waals surface area contributed by atoms with Gasteiger partial charge in [0.25, 0.3) is 5.91 Å². The number of nitrogens with one attached hydrogen (secondary N) is 1. The molecule has 5 nitrogen and oxygen atoms in total. The number of aromatic nitrogens is 1. The molecule has 0 unspecified atom stereocenters. The van der Waals surface area contributed by atoms with Gasteiger partial charge in [-0.05, 0) is 30.3 Å². The monoisotopic (exact) mass is 324 g/mol. The van der Waals surface area contributed by atoms with E-state index in [0.717, 1.165) is 12.1 Å². The maximum absolute atomic E-state index is 12.6. The quantitative estimate of drug-likeness (QED) is 0.881. The summed E-state index contributed by atoms with van der Waals surface area (Å²) in [5.74, 6) is -1.46. The van der Waals surface area contributed by atoms with Crippen molar-refractivity contribution < 1.29 is 27.5 Å². The zero-order valence-corrected chi connectivity index (χ0v) is 11.8. The number of nitrogens with zero attached hydrogens (tertiary/aromatic N) is 1. The van der Waals surface area contributed by atoms with Crippen LogP contribution in [0.5, 0.6) is 0 Å². The molecule has 0 fully saturated rings. The van der Waals surface area contributed by atoms with Crippen LogP contribution < -0.4 is 5.32 Å². The zero-order valence-electron chi connectivity index (χ0n) is 11.8. The van der Waals surface area contributed by atoms with E-state index < -0.39 is 23.6 Å². The second-order valence-corrected chi connectivity index (χ2v) is 4.43. The van der Waals surface area contributed by atoms with Gasteiger partial charge in [-0.2, -0.15) is 13.2 Å². The SMILES string of the molecule is COC(=O)c1cccc(C(=O)Nc2cccc(C(F)(F)F)c2)n1. The highest BCUT2D eigenvalue weighted by Crippen LogP contribution is 2.30. The summed E-state index contributed by atoms with van der Waals surface area (Å²) in [5, 5.41) is 2.30. The van der Waals surface area contributed by atoms with Crippen molar-refractivity contribution in [1.29, 1.82) is 0 Å². The van der Waals surface area contributed by atoms with E-state index in [1.807, 2.05) is 0 Å². The van der Waals surface area contributed by atoms with Crippen LogP contribution in [0.25, 0.3) is 0 Å². The number of methoxy groups -OCH3 is 1. The first-order chi connectivity index (χ1) is 10.8. The molecule has 23 heavy (non-hydrogen) atoms. The number of alkyl halides is 3. The minimum atomic E-state index is -4.51. The third kappa shape index (κ3) is 4.06. The molecule has 0 radical (unpaired) electrons. The maximum atomic E-state index is 12.6. The van der Waals surface area contributed by atoms with E-state index in [0.29, 0.717) is 0 Å². The summed E-state index contributed by atoms with van der Waals surface area (Å²) in [6.07, 6.45) is -4.51. The van der Waals surface area contributed by atoms with Crippen LogP contribution in [0.15, 0.2) is 42.5 Å². The Balaban J connectivity index is 2.21. The number of rotatable bonds is 3. The van der Waals surface area contributed by atoms with Gasteiger partial charge >= 0.3 is 12.1 Å². The Bertz CT molecular complexity index is 745. The van der Waals surface area contributed by atoms with E-state index in [-0.39, 0.29) is 17.1 Å². The van der Waals surface area contributed by atoms with Gasteiger partial charge in [0, 0.05) is 5.69 Å². The summed E-state index contributed by atoms with van der Waals surface area (Å²) in [6, 6.07) is 8.30. The number of halogens is 3. The van der Waals surface area contributed by atoms with Gasteiger partial charge in [0.1, 0.15) is 11.4 Å². The average Bonchev–Trinajstić information content (AvgIpc) is 2.53. The van der Waals surface area contributed by atoms with Crippen LogP contribution in [0.4, 0.5) is 18.9 Å². The lowest BCUT2D eigenvalue weighted by atomic mass is 10.2. The van der Waals surface area contributed by atoms with Gasteiger partial charge in [-0.3, -0.25) is 4.79 Å². The molecule has 0 atom stereocenters. The highest BCUT2D eigenvalue weighted by atomic mass is 19.4. The molecule has 0 aliphatic heterocycles. The summed E-state index contributed by atoms with van der Waals surface area (Å²) in [6.45, 7) is 0. The molecular formula is C15H11F3N2O3. The summed E-state index contributed by atoms with van der Waals surface area (Å²) in [5.41, 5.74) is -1.11. The molecule has 2 aromatic rings. The van der Waals surface area contributed by atoms with Gasteiger partial charge in [-0.1, -0.05) is 12.1 Å². The van der Waals surface area contributed by atoms with E-state index in [9.17, 15) is 22.8 Å². The molecule has 1 amide bonds. The smallest absolute Gasteiger partial charge is 0.416 e. The summed E-state index contributed by atoms with van der Waals surface area (Å²) >= 11 is 0. The number of hydrogen-bond acceptors (Lipinski definition) is 4. The second-order valence-electron chi connectivity index (χ2n) is 4.43. The predicted molar refractivity (Wildman–Crippen MR) is 75.0 cm³/mol. The Hall–Kier alpha value is -2.90. The van der Waals surface area contributed by atoms with Crippen molar-refractivity contribution in [3.63, 3.8) is 0 Å². The lowest BCUT2D eigenvalue weighted by molar-refractivity contribution is -0.137. The van der Waals surface area contributed by atoms with E-state index in [4.69, 9.17) is 0 Å². The van der Waals surface area contributed by atoms with Crippen LogP contribution in [-0.4, -0.2) is 24.0 Å². The highest BCUT2D eigenvalue weighted by molar-refractivity contribution is 6.03. The molecule has 120 valence electrons. The normalized spacial score (nSPS) is 11.0. The molecule has 0 aliphatic rings. The van der Waals surface area contributed by atoms with Crippen molar-refractivity contribution in [2.75, 3.05) is 12.4 Å². The first-order valence-electron chi connectivity index (χ1n) is 6.35. The van der Waals surface area contributed by atoms with Crippen molar-refractivity contribution in [1.82, 2.24) is 4.98 Å². The van der Waals surface area contributed by atoms with Crippen molar-refractivity contribution in [2.45, 2.75) is 6.18 Å². The molecule has 1 aromatic carbocycles. The number of anilines is 1. The van der Waals surface area contributed by atoms with Crippen LogP contribution in [0.2, 0.25) is 0 Å². The van der Waals surface area contributed by atoms with E-state index in [1.165, 1.54) is 37.4 Å². The second kappa shape index (κ2) is 6.47. The Morgan fingerprint density at radius 2 is 1.74 bits per heavy atom. The molecule has 1 aromatic heterocycles. The van der Waals surface area contributed by atoms with E-state index in [2.05, 4.69) is 15.0 Å². The zero-order chi connectivity index (χ0) is 17.0. The van der Waals surface area contributed by atoms with E-state index in [1.54, 1.807) is 0 Å². The number of carbonyl (C=O) groups is 2. The summed E-state index contributed by atoms with van der Waals surface area (Å²) in [4.78, 5) is 27.2. The number of ether oxygens (including phenoxy) is 1. The third-order valence-electron chi connectivity index (χ3n) is 2.82. The molecule has 0 aliphatic carbocycles. The number of esters is 1. The molecule has 0 saturated heterocycles. The fraction of sp³-hybridized carbons (Fsp3) is 0.133. The molecular weight excluding hydrogens is 313 g/mol. The van der Waals surface area contributed by atoms with E-state index >= 15 is 0 Å². The maximum Gasteiger partial charge on any atom is 0.416 e. The first kappa shape index (κ1) is 16.5. The van der Waals surface area contributed by atoms with Gasteiger partial charge in [0.2, 0.25) is 0 Å². The fourth-order valence-corrected chi connectivity index (χ4v) is 1.75. The third-order valence-corrected chi connectivity index (χ3v) is 2.82. The number of benzene rings is 1. The Labute approximate surface area is 129 Å². The number of amides is 1. The van der Waals surface area contributed by atoms with Crippen LogP contribution in [0.1, 0.15) is 26.5 Å².